The van der Waals surface area contributed by atoms with Gasteiger partial charge in [-0.15, -0.1) is 0 Å². The molecule has 0 amide bonds. The fraction of sp³-hybridized carbons (Fsp3) is 0.562. The number of hydrogen-bond acceptors (Lipinski definition) is 12. The molecule has 0 radical (unpaired) electrons. The van der Waals surface area contributed by atoms with Crippen LogP contribution in [0.4, 0.5) is 5.69 Å². The van der Waals surface area contributed by atoms with E-state index in [1.807, 2.05) is 19.1 Å². The van der Waals surface area contributed by atoms with E-state index in [-0.39, 0.29) is 31.2 Å². The van der Waals surface area contributed by atoms with Crippen LogP contribution in [-0.4, -0.2) is 87.4 Å². The van der Waals surface area contributed by atoms with Crippen LogP contribution in [0.2, 0.25) is 0 Å². The molecule has 44 heavy (non-hydrogen) atoms. The van der Waals surface area contributed by atoms with Crippen LogP contribution in [-0.2, 0) is 18.3 Å². The fourth-order valence-corrected chi connectivity index (χ4v) is 7.83. The van der Waals surface area contributed by atoms with Gasteiger partial charge in [-0.1, -0.05) is 11.2 Å². The molecule has 2 aliphatic heterocycles. The maximum atomic E-state index is 10.1. The highest BCUT2D eigenvalue weighted by molar-refractivity contribution is 5.68. The highest BCUT2D eigenvalue weighted by Gasteiger charge is 2.50. The Morgan fingerprint density at radius 2 is 2.02 bits per heavy atom. The third-order valence-electron chi connectivity index (χ3n) is 10.4. The lowest BCUT2D eigenvalue weighted by Crippen LogP contribution is -2.74. The van der Waals surface area contributed by atoms with E-state index in [2.05, 4.69) is 28.5 Å². The summed E-state index contributed by atoms with van der Waals surface area (Å²) in [7, 11) is 2.11. The van der Waals surface area contributed by atoms with Gasteiger partial charge >= 0.3 is 0 Å². The van der Waals surface area contributed by atoms with Gasteiger partial charge in [0.05, 0.1) is 30.3 Å². The largest absolute Gasteiger partial charge is 0.473 e. The maximum Gasteiger partial charge on any atom is 0.221 e. The van der Waals surface area contributed by atoms with Crippen LogP contribution in [0, 0.1) is 11.3 Å². The molecular formula is C32H39N7O5. The van der Waals surface area contributed by atoms with Crippen molar-refractivity contribution in [2.45, 2.75) is 81.1 Å². The molecule has 5 N–H and O–H groups in total. The summed E-state index contributed by atoms with van der Waals surface area (Å²) in [5.41, 5.74) is 9.37. The fourth-order valence-electron chi connectivity index (χ4n) is 7.83. The molecule has 2 saturated heterocycles. The molecule has 4 unspecified atom stereocenters. The van der Waals surface area contributed by atoms with Crippen molar-refractivity contribution in [2.24, 2.45) is 0 Å². The molecule has 4 atom stereocenters. The van der Waals surface area contributed by atoms with Crippen molar-refractivity contribution in [1.29, 1.82) is 5.26 Å². The first-order chi connectivity index (χ1) is 21.3. The number of likely N-dealkylation sites (tertiary alicyclic amines) is 1. The molecule has 0 bridgehead atoms. The summed E-state index contributed by atoms with van der Waals surface area (Å²) in [6.45, 7) is 2.96. The number of anilines is 1. The molecule has 3 aromatic rings. The standard InChI is InChI=1S/C32H39N7O5/c1-18(23-6-4-12-39(23)2)42-25-13-26(43-24-15-35-32(24,16-40)17-41)37-30(36-25)28-20-5-3-10-31(29(20)44-38-28)11-9-19-7-8-22(34)21(14-33)27(19)31/h7-8,13,18,23-24,35,40-41H,3-6,9-12,15-17,34H2,1-2H3. The zero-order chi connectivity index (χ0) is 30.6. The van der Waals surface area contributed by atoms with E-state index in [1.165, 1.54) is 0 Å². The summed E-state index contributed by atoms with van der Waals surface area (Å²) in [5.74, 6) is 1.70. The molecule has 12 heteroatoms. The molecule has 4 heterocycles. The summed E-state index contributed by atoms with van der Waals surface area (Å²) in [5, 5.41) is 37.6. The smallest absolute Gasteiger partial charge is 0.221 e. The van der Waals surface area contributed by atoms with Crippen LogP contribution in [0.1, 0.15) is 67.0 Å². The number of hydrogen-bond donors (Lipinski definition) is 4. The second-order valence-corrected chi connectivity index (χ2v) is 12.8. The van der Waals surface area contributed by atoms with E-state index < -0.39 is 17.1 Å². The van der Waals surface area contributed by atoms with Gasteiger partial charge in [0.1, 0.15) is 23.8 Å². The quantitative estimate of drug-likeness (QED) is 0.277. The van der Waals surface area contributed by atoms with Gasteiger partial charge in [0.15, 0.2) is 17.3 Å². The van der Waals surface area contributed by atoms with Gasteiger partial charge in [0.2, 0.25) is 11.8 Å². The second kappa shape index (κ2) is 11.0. The van der Waals surface area contributed by atoms with E-state index in [1.54, 1.807) is 6.07 Å². The second-order valence-electron chi connectivity index (χ2n) is 12.8. The lowest BCUT2D eigenvalue weighted by atomic mass is 9.68. The average Bonchev–Trinajstić information content (AvgIpc) is 3.74. The number of aromatic nitrogens is 3. The number of ether oxygens (including phenoxy) is 2. The number of nitrogens with zero attached hydrogens (tertiary/aromatic N) is 5. The number of aliphatic hydroxyl groups is 2. The number of likely N-dealkylation sites (N-methyl/N-ethyl adjacent to an activating group) is 1. The van der Waals surface area contributed by atoms with Crippen molar-refractivity contribution in [2.75, 3.05) is 39.1 Å². The number of nitrogens with one attached hydrogen (secondary N) is 1. The predicted molar refractivity (Wildman–Crippen MR) is 160 cm³/mol. The number of nitriles is 1. The summed E-state index contributed by atoms with van der Waals surface area (Å²) in [4.78, 5) is 11.9. The Balaban J connectivity index is 1.29. The average molecular weight is 602 g/mol. The molecule has 7 rings (SSSR count). The Morgan fingerprint density at radius 1 is 1.20 bits per heavy atom. The molecule has 232 valence electrons. The minimum atomic E-state index is -0.957. The molecule has 1 aromatic carbocycles. The lowest BCUT2D eigenvalue weighted by molar-refractivity contribution is -0.0607. The molecule has 2 aromatic heterocycles. The van der Waals surface area contributed by atoms with Crippen LogP contribution in [0.25, 0.3) is 11.5 Å². The van der Waals surface area contributed by atoms with Crippen LogP contribution in [0.15, 0.2) is 22.7 Å². The minimum Gasteiger partial charge on any atom is -0.473 e. The van der Waals surface area contributed by atoms with Crippen LogP contribution in [0.3, 0.4) is 0 Å². The first-order valence-corrected chi connectivity index (χ1v) is 15.5. The Kier molecular flexibility index (Phi) is 7.24. The Labute approximate surface area is 256 Å². The number of fused-ring (bicyclic) bond motifs is 4. The van der Waals surface area contributed by atoms with Crippen LogP contribution in [0.5, 0.6) is 11.8 Å². The molecule has 2 aliphatic carbocycles. The topological polar surface area (TPSA) is 176 Å². The summed E-state index contributed by atoms with van der Waals surface area (Å²) in [6, 6.07) is 8.11. The van der Waals surface area contributed by atoms with Crippen molar-refractivity contribution in [1.82, 2.24) is 25.3 Å². The van der Waals surface area contributed by atoms with Gasteiger partial charge < -0.3 is 35.3 Å². The van der Waals surface area contributed by atoms with Gasteiger partial charge in [0, 0.05) is 23.8 Å². The van der Waals surface area contributed by atoms with Crippen molar-refractivity contribution in [3.05, 3.63) is 46.2 Å². The van der Waals surface area contributed by atoms with Crippen molar-refractivity contribution < 1.29 is 24.2 Å². The molecule has 4 aliphatic rings. The number of benzene rings is 1. The highest BCUT2D eigenvalue weighted by atomic mass is 16.5. The molecule has 2 fully saturated rings. The SMILES string of the molecule is CC(Oc1cc(OC2CNC2(CO)CO)nc(-c2noc3c2CCCC32CCc3ccc(N)c(C#N)c32)n1)C1CCCN1C. The lowest BCUT2D eigenvalue weighted by Gasteiger charge is -2.47. The van der Waals surface area contributed by atoms with Gasteiger partial charge in [0.25, 0.3) is 0 Å². The van der Waals surface area contributed by atoms with E-state index in [0.717, 1.165) is 73.9 Å². The van der Waals surface area contributed by atoms with Crippen molar-refractivity contribution >= 4 is 5.69 Å². The molecular weight excluding hydrogens is 562 g/mol. The van der Waals surface area contributed by atoms with Gasteiger partial charge in [-0.05, 0) is 82.7 Å². The summed E-state index contributed by atoms with van der Waals surface area (Å²) >= 11 is 0. The van der Waals surface area contributed by atoms with E-state index in [9.17, 15) is 15.5 Å². The number of nitrogens with two attached hydrogens (primary N) is 1. The van der Waals surface area contributed by atoms with Gasteiger partial charge in [-0.25, -0.2) is 0 Å². The Bertz CT molecular complexity index is 1610. The van der Waals surface area contributed by atoms with E-state index in [4.69, 9.17) is 29.7 Å². The molecule has 12 nitrogen and oxygen atoms in total. The number of nitrogen functional groups attached to an aromatic ring is 1. The third-order valence-corrected chi connectivity index (χ3v) is 10.4. The van der Waals surface area contributed by atoms with Crippen molar-refractivity contribution in [3.8, 4) is 29.3 Å². The zero-order valence-corrected chi connectivity index (χ0v) is 25.2. The highest BCUT2D eigenvalue weighted by Crippen LogP contribution is 2.54. The van der Waals surface area contributed by atoms with Crippen molar-refractivity contribution in [3.63, 3.8) is 0 Å². The van der Waals surface area contributed by atoms with Gasteiger partial charge in [-0.2, -0.15) is 15.2 Å². The third kappa shape index (κ3) is 4.44. The van der Waals surface area contributed by atoms with Crippen LogP contribution < -0.4 is 20.5 Å². The maximum absolute atomic E-state index is 10.1. The normalized spacial score (nSPS) is 26.1. The minimum absolute atomic E-state index is 0.128. The summed E-state index contributed by atoms with van der Waals surface area (Å²) < 4.78 is 18.8. The van der Waals surface area contributed by atoms with E-state index in [0.29, 0.717) is 35.2 Å². The first-order valence-electron chi connectivity index (χ1n) is 15.5. The molecule has 0 saturated carbocycles. The zero-order valence-electron chi connectivity index (χ0n) is 25.2. The molecule has 1 spiro atoms. The van der Waals surface area contributed by atoms with E-state index >= 15 is 0 Å². The van der Waals surface area contributed by atoms with Gasteiger partial charge in [-0.3, -0.25) is 4.90 Å². The van der Waals surface area contributed by atoms with Crippen LogP contribution >= 0.6 is 0 Å². The predicted octanol–water partition coefficient (Wildman–Crippen LogP) is 2.09. The number of aliphatic hydroxyl groups excluding tert-OH is 2. The Hall–Kier alpha value is -3.76. The summed E-state index contributed by atoms with van der Waals surface area (Å²) in [6.07, 6.45) is 5.63. The Morgan fingerprint density at radius 3 is 2.73 bits per heavy atom. The first kappa shape index (κ1) is 29.0. The number of aryl methyl sites for hydroxylation is 1. The monoisotopic (exact) mass is 601 g/mol. The number of rotatable bonds is 8.